The number of carbonyl (C=O) groups is 2. The number of aliphatic hydroxyl groups is 1. The van der Waals surface area contributed by atoms with Gasteiger partial charge in [-0.05, 0) is 92.3 Å². The topological polar surface area (TPSA) is 82.1 Å². The number of carbonyl (C=O) groups excluding carboxylic acids is 2. The second-order valence-electron chi connectivity index (χ2n) is 11.1. The molecule has 5 aliphatic carbocycles. The van der Waals surface area contributed by atoms with Crippen molar-refractivity contribution in [2.75, 3.05) is 20.0 Å². The number of aliphatic hydroxyl groups excluding tert-OH is 1. The Labute approximate surface area is 185 Å². The zero-order chi connectivity index (χ0) is 21.9. The summed E-state index contributed by atoms with van der Waals surface area (Å²) in [6.45, 7) is 7.01. The van der Waals surface area contributed by atoms with Gasteiger partial charge in [-0.1, -0.05) is 13.8 Å². The summed E-state index contributed by atoms with van der Waals surface area (Å²) in [5, 5.41) is 9.60. The standard InChI is InChI=1S/C25H38O6/c1-4-29-11-30-24(27)22-16-9-17(13(3)12(16)2)23(22)25(28)31-21-8-15-7-20(21)19-6-14(10-26)5-18(15)19/h12-23,26H,4-11H2,1-3H3. The van der Waals surface area contributed by atoms with Gasteiger partial charge in [-0.25, -0.2) is 0 Å². The summed E-state index contributed by atoms with van der Waals surface area (Å²) in [5.41, 5.74) is 0. The van der Waals surface area contributed by atoms with Crippen LogP contribution in [-0.4, -0.2) is 43.2 Å². The molecule has 1 N–H and O–H groups in total. The van der Waals surface area contributed by atoms with Crippen LogP contribution in [0.1, 0.15) is 52.9 Å². The maximum absolute atomic E-state index is 13.5. The molecule has 0 aromatic carbocycles. The molecule has 5 saturated carbocycles. The lowest BCUT2D eigenvalue weighted by atomic mass is 9.69. The summed E-state index contributed by atoms with van der Waals surface area (Å²) < 4.78 is 16.8. The third-order valence-corrected chi connectivity index (χ3v) is 10.1. The molecule has 0 heterocycles. The summed E-state index contributed by atoms with van der Waals surface area (Å²) in [4.78, 5) is 26.4. The van der Waals surface area contributed by atoms with Gasteiger partial charge in [0, 0.05) is 13.2 Å². The number of hydrogen-bond acceptors (Lipinski definition) is 6. The van der Waals surface area contributed by atoms with Crippen molar-refractivity contribution in [3.63, 3.8) is 0 Å². The van der Waals surface area contributed by atoms with Crippen LogP contribution in [0.3, 0.4) is 0 Å². The van der Waals surface area contributed by atoms with Gasteiger partial charge in [0.05, 0.1) is 11.8 Å². The van der Waals surface area contributed by atoms with Crippen LogP contribution in [0.2, 0.25) is 0 Å². The van der Waals surface area contributed by atoms with Gasteiger partial charge in [-0.15, -0.1) is 0 Å². The second kappa shape index (κ2) is 8.33. The Hall–Kier alpha value is -1.14. The van der Waals surface area contributed by atoms with Crippen LogP contribution in [0, 0.1) is 65.1 Å². The predicted molar refractivity (Wildman–Crippen MR) is 112 cm³/mol. The van der Waals surface area contributed by atoms with Crippen molar-refractivity contribution in [2.24, 2.45) is 65.1 Å². The average molecular weight is 435 g/mol. The van der Waals surface area contributed by atoms with Gasteiger partial charge in [0.15, 0.2) is 6.79 Å². The van der Waals surface area contributed by atoms with E-state index in [-0.39, 0.29) is 49.2 Å². The van der Waals surface area contributed by atoms with Gasteiger partial charge >= 0.3 is 11.9 Å². The summed E-state index contributed by atoms with van der Waals surface area (Å²) in [6, 6.07) is 0. The Bertz CT molecular complexity index is 708. The van der Waals surface area contributed by atoms with Crippen LogP contribution < -0.4 is 0 Å². The van der Waals surface area contributed by atoms with E-state index in [1.807, 2.05) is 6.92 Å². The molecule has 5 aliphatic rings. The number of fused-ring (bicyclic) bond motifs is 7. The highest BCUT2D eigenvalue weighted by Crippen LogP contribution is 2.62. The molecular weight excluding hydrogens is 396 g/mol. The highest BCUT2D eigenvalue weighted by molar-refractivity contribution is 5.84. The zero-order valence-corrected chi connectivity index (χ0v) is 19.1. The summed E-state index contributed by atoms with van der Waals surface area (Å²) in [6.07, 6.45) is 5.24. The molecule has 5 rings (SSSR count). The van der Waals surface area contributed by atoms with Gasteiger partial charge in [-0.3, -0.25) is 9.59 Å². The lowest BCUT2D eigenvalue weighted by molar-refractivity contribution is -0.177. The molecule has 5 fully saturated rings. The minimum atomic E-state index is -0.402. The van der Waals surface area contributed by atoms with Crippen LogP contribution in [0.15, 0.2) is 0 Å². The summed E-state index contributed by atoms with van der Waals surface area (Å²) in [5.74, 6) is 2.78. The molecule has 174 valence electrons. The van der Waals surface area contributed by atoms with E-state index in [9.17, 15) is 14.7 Å². The first-order chi connectivity index (χ1) is 14.9. The van der Waals surface area contributed by atoms with Crippen molar-refractivity contribution in [1.29, 1.82) is 0 Å². The summed E-state index contributed by atoms with van der Waals surface area (Å²) in [7, 11) is 0. The molecule has 6 heteroatoms. The first-order valence-electron chi connectivity index (χ1n) is 12.5. The van der Waals surface area contributed by atoms with Gasteiger partial charge in [0.2, 0.25) is 0 Å². The van der Waals surface area contributed by atoms with Crippen molar-refractivity contribution in [1.82, 2.24) is 0 Å². The van der Waals surface area contributed by atoms with E-state index in [4.69, 9.17) is 14.2 Å². The van der Waals surface area contributed by atoms with E-state index in [2.05, 4.69) is 13.8 Å². The van der Waals surface area contributed by atoms with Gasteiger partial charge in [0.1, 0.15) is 6.10 Å². The quantitative estimate of drug-likeness (QED) is 0.376. The first-order valence-corrected chi connectivity index (χ1v) is 12.5. The van der Waals surface area contributed by atoms with Gasteiger partial charge in [-0.2, -0.15) is 0 Å². The van der Waals surface area contributed by atoms with E-state index >= 15 is 0 Å². The van der Waals surface area contributed by atoms with Crippen LogP contribution in [0.5, 0.6) is 0 Å². The number of hydrogen-bond donors (Lipinski definition) is 1. The second-order valence-corrected chi connectivity index (χ2v) is 11.1. The smallest absolute Gasteiger partial charge is 0.312 e. The van der Waals surface area contributed by atoms with Crippen molar-refractivity contribution in [2.45, 2.75) is 59.0 Å². The maximum atomic E-state index is 13.5. The van der Waals surface area contributed by atoms with Crippen molar-refractivity contribution in [3.05, 3.63) is 0 Å². The van der Waals surface area contributed by atoms with Crippen molar-refractivity contribution >= 4 is 11.9 Å². The fraction of sp³-hybridized carbons (Fsp3) is 0.920. The Balaban J connectivity index is 1.27. The first kappa shape index (κ1) is 21.7. The highest BCUT2D eigenvalue weighted by Gasteiger charge is 2.62. The maximum Gasteiger partial charge on any atom is 0.312 e. The molecule has 0 spiro atoms. The Morgan fingerprint density at radius 1 is 0.839 bits per heavy atom. The zero-order valence-electron chi connectivity index (χ0n) is 19.1. The Kier molecular flexibility index (Phi) is 5.83. The SMILES string of the molecule is CCOCOC(=O)C1C2CC(C(C)C2C)C1C(=O)OC1CC2CC1C1CC(CO)CC21. The number of rotatable bonds is 7. The van der Waals surface area contributed by atoms with E-state index in [0.717, 1.165) is 32.1 Å². The molecule has 4 bridgehead atoms. The normalized spacial score (nSPS) is 49.4. The fourth-order valence-electron chi connectivity index (χ4n) is 8.56. The van der Waals surface area contributed by atoms with E-state index in [1.54, 1.807) is 0 Å². The van der Waals surface area contributed by atoms with Crippen LogP contribution in [0.25, 0.3) is 0 Å². The molecule has 12 unspecified atom stereocenters. The fourth-order valence-corrected chi connectivity index (χ4v) is 8.56. The number of esters is 2. The van der Waals surface area contributed by atoms with Gasteiger partial charge < -0.3 is 19.3 Å². The molecule has 31 heavy (non-hydrogen) atoms. The largest absolute Gasteiger partial charge is 0.462 e. The van der Waals surface area contributed by atoms with Crippen molar-refractivity contribution < 1.29 is 28.9 Å². The lowest BCUT2D eigenvalue weighted by Crippen LogP contribution is -2.44. The van der Waals surface area contributed by atoms with E-state index < -0.39 is 5.92 Å². The molecule has 0 saturated heterocycles. The molecule has 6 nitrogen and oxygen atoms in total. The molecule has 12 atom stereocenters. The molecular formula is C25H38O6. The van der Waals surface area contributed by atoms with Crippen LogP contribution >= 0.6 is 0 Å². The van der Waals surface area contributed by atoms with E-state index in [0.29, 0.717) is 48.0 Å². The Morgan fingerprint density at radius 2 is 1.52 bits per heavy atom. The predicted octanol–water partition coefficient (Wildman–Crippen LogP) is 3.26. The summed E-state index contributed by atoms with van der Waals surface area (Å²) >= 11 is 0. The number of ether oxygens (including phenoxy) is 3. The molecule has 0 aliphatic heterocycles. The van der Waals surface area contributed by atoms with Crippen LogP contribution in [0.4, 0.5) is 0 Å². The highest BCUT2D eigenvalue weighted by atomic mass is 16.7. The molecule has 0 aromatic rings. The van der Waals surface area contributed by atoms with Gasteiger partial charge in [0.25, 0.3) is 0 Å². The third-order valence-electron chi connectivity index (χ3n) is 10.1. The molecule has 0 radical (unpaired) electrons. The molecule has 0 aromatic heterocycles. The monoisotopic (exact) mass is 434 g/mol. The molecule has 0 amide bonds. The third kappa shape index (κ3) is 3.43. The van der Waals surface area contributed by atoms with E-state index in [1.165, 1.54) is 0 Å². The van der Waals surface area contributed by atoms with Crippen LogP contribution in [-0.2, 0) is 23.8 Å². The average Bonchev–Trinajstić information content (AvgIpc) is 3.53. The Morgan fingerprint density at radius 3 is 2.19 bits per heavy atom. The minimum Gasteiger partial charge on any atom is -0.462 e. The lowest BCUT2D eigenvalue weighted by Gasteiger charge is -2.37. The van der Waals surface area contributed by atoms with Crippen molar-refractivity contribution in [3.8, 4) is 0 Å². The minimum absolute atomic E-state index is 0.0110.